The molecule has 1 saturated heterocycles. The number of fused-ring (bicyclic) bond motifs is 1. The highest BCUT2D eigenvalue weighted by atomic mass is 32.1. The monoisotopic (exact) mass is 447 g/mol. The first-order valence-electron chi connectivity index (χ1n) is 11.0. The van der Waals surface area contributed by atoms with E-state index in [0.29, 0.717) is 11.6 Å². The number of carbonyl (C=O) groups is 2. The maximum absolute atomic E-state index is 13.4. The maximum atomic E-state index is 13.4. The third-order valence-corrected chi connectivity index (χ3v) is 6.97. The molecule has 1 atom stereocenters. The number of thiocarbonyl (C=S) groups is 1. The minimum atomic E-state index is -0.464. The lowest BCUT2D eigenvalue weighted by atomic mass is 9.80. The zero-order chi connectivity index (χ0) is 23.2. The van der Waals surface area contributed by atoms with E-state index in [1.807, 2.05) is 37.3 Å². The van der Waals surface area contributed by atoms with Crippen LogP contribution in [0.25, 0.3) is 6.08 Å². The third-order valence-electron chi connectivity index (χ3n) is 6.68. The molecule has 2 aliphatic heterocycles. The van der Waals surface area contributed by atoms with E-state index in [1.165, 1.54) is 16.2 Å². The number of aryl methyl sites for hydroxylation is 1. The molecule has 2 aromatic carbocycles. The molecule has 2 heterocycles. The first kappa shape index (κ1) is 22.2. The van der Waals surface area contributed by atoms with Crippen molar-refractivity contribution in [3.05, 3.63) is 64.7 Å². The SMILES string of the molecule is CCc1ccccc1N1C(=O)/C(=C\c2ccc3c(c2)C(C)CC(C)(C)N3C)C(=O)NC1=S. The van der Waals surface area contributed by atoms with Crippen molar-refractivity contribution in [2.45, 2.75) is 52.0 Å². The summed E-state index contributed by atoms with van der Waals surface area (Å²) in [5.41, 5.74) is 5.11. The van der Waals surface area contributed by atoms with Crippen molar-refractivity contribution in [2.75, 3.05) is 16.8 Å². The van der Waals surface area contributed by atoms with Crippen molar-refractivity contribution in [2.24, 2.45) is 0 Å². The number of para-hydroxylation sites is 1. The average molecular weight is 448 g/mol. The molecule has 0 saturated carbocycles. The standard InChI is InChI=1S/C26H29N3O2S/c1-6-18-9-7-8-10-21(18)29-24(31)20(23(30)27-25(29)32)14-17-11-12-22-19(13-17)16(2)15-26(3,4)28(22)5/h7-14,16H,6,15H2,1-5H3,(H,27,30,32)/b20-14-. The number of anilines is 2. The lowest BCUT2D eigenvalue weighted by molar-refractivity contribution is -0.122. The molecule has 2 amide bonds. The van der Waals surface area contributed by atoms with Crippen LogP contribution in [-0.2, 0) is 16.0 Å². The Hall–Kier alpha value is -2.99. The molecular weight excluding hydrogens is 418 g/mol. The van der Waals surface area contributed by atoms with Crippen molar-refractivity contribution in [1.82, 2.24) is 5.32 Å². The number of hydrogen-bond acceptors (Lipinski definition) is 4. The second-order valence-electron chi connectivity index (χ2n) is 9.23. The number of hydrogen-bond donors (Lipinski definition) is 1. The first-order chi connectivity index (χ1) is 15.1. The van der Waals surface area contributed by atoms with E-state index in [9.17, 15) is 9.59 Å². The molecule has 5 nitrogen and oxygen atoms in total. The van der Waals surface area contributed by atoms with E-state index in [2.05, 4.69) is 50.2 Å². The molecule has 0 spiro atoms. The van der Waals surface area contributed by atoms with E-state index < -0.39 is 11.8 Å². The quantitative estimate of drug-likeness (QED) is 0.417. The molecule has 1 fully saturated rings. The normalized spacial score (nSPS) is 21.6. The van der Waals surface area contributed by atoms with Gasteiger partial charge in [-0.2, -0.15) is 0 Å². The Morgan fingerprint density at radius 1 is 1.16 bits per heavy atom. The van der Waals surface area contributed by atoms with Gasteiger partial charge in [-0.05, 0) is 85.8 Å². The van der Waals surface area contributed by atoms with Crippen LogP contribution in [-0.4, -0.2) is 29.5 Å². The molecular formula is C26H29N3O2S. The van der Waals surface area contributed by atoms with E-state index in [-0.39, 0.29) is 16.2 Å². The third kappa shape index (κ3) is 3.73. The first-order valence-corrected chi connectivity index (χ1v) is 11.4. The number of carbonyl (C=O) groups excluding carboxylic acids is 2. The number of amides is 2. The molecule has 166 valence electrons. The van der Waals surface area contributed by atoms with Gasteiger partial charge in [-0.25, -0.2) is 0 Å². The molecule has 0 aliphatic carbocycles. The van der Waals surface area contributed by atoms with Crippen molar-refractivity contribution < 1.29 is 9.59 Å². The maximum Gasteiger partial charge on any atom is 0.270 e. The second-order valence-corrected chi connectivity index (χ2v) is 9.62. The summed E-state index contributed by atoms with van der Waals surface area (Å²) in [6, 6.07) is 13.8. The Bertz CT molecular complexity index is 1150. The van der Waals surface area contributed by atoms with Crippen LogP contribution in [0.4, 0.5) is 11.4 Å². The largest absolute Gasteiger partial charge is 0.369 e. The minimum Gasteiger partial charge on any atom is -0.369 e. The smallest absolute Gasteiger partial charge is 0.270 e. The Kier molecular flexibility index (Phi) is 5.67. The Labute approximate surface area is 195 Å². The van der Waals surface area contributed by atoms with Gasteiger partial charge in [0.25, 0.3) is 11.8 Å². The van der Waals surface area contributed by atoms with Crippen LogP contribution < -0.4 is 15.1 Å². The van der Waals surface area contributed by atoms with Crippen molar-refractivity contribution >= 4 is 46.6 Å². The van der Waals surface area contributed by atoms with Crippen LogP contribution in [0, 0.1) is 0 Å². The predicted molar refractivity (Wildman–Crippen MR) is 134 cm³/mol. The summed E-state index contributed by atoms with van der Waals surface area (Å²) in [6.07, 6.45) is 3.46. The predicted octanol–water partition coefficient (Wildman–Crippen LogP) is 4.80. The zero-order valence-corrected chi connectivity index (χ0v) is 20.0. The molecule has 1 unspecified atom stereocenters. The van der Waals surface area contributed by atoms with Gasteiger partial charge in [-0.1, -0.05) is 38.1 Å². The van der Waals surface area contributed by atoms with Gasteiger partial charge in [0.15, 0.2) is 5.11 Å². The Balaban J connectivity index is 1.74. The lowest BCUT2D eigenvalue weighted by Crippen LogP contribution is -2.54. The fourth-order valence-corrected chi connectivity index (χ4v) is 5.03. The van der Waals surface area contributed by atoms with Gasteiger partial charge < -0.3 is 4.90 Å². The van der Waals surface area contributed by atoms with E-state index >= 15 is 0 Å². The molecule has 0 bridgehead atoms. The fourth-order valence-electron chi connectivity index (χ4n) is 4.76. The van der Waals surface area contributed by atoms with Gasteiger partial charge in [0, 0.05) is 18.3 Å². The van der Waals surface area contributed by atoms with Gasteiger partial charge in [0.05, 0.1) is 5.69 Å². The van der Waals surface area contributed by atoms with Crippen LogP contribution in [0.2, 0.25) is 0 Å². The van der Waals surface area contributed by atoms with Crippen LogP contribution >= 0.6 is 12.2 Å². The van der Waals surface area contributed by atoms with Gasteiger partial charge in [0.2, 0.25) is 0 Å². The van der Waals surface area contributed by atoms with Crippen molar-refractivity contribution in [3.63, 3.8) is 0 Å². The summed E-state index contributed by atoms with van der Waals surface area (Å²) in [5.74, 6) is -0.483. The summed E-state index contributed by atoms with van der Waals surface area (Å²) >= 11 is 5.36. The van der Waals surface area contributed by atoms with Gasteiger partial charge in [-0.15, -0.1) is 0 Å². The second kappa shape index (κ2) is 8.17. The van der Waals surface area contributed by atoms with Crippen molar-refractivity contribution in [1.29, 1.82) is 0 Å². The van der Waals surface area contributed by atoms with Crippen LogP contribution in [0.1, 0.15) is 56.7 Å². The highest BCUT2D eigenvalue weighted by Crippen LogP contribution is 2.42. The molecule has 0 radical (unpaired) electrons. The molecule has 2 aromatic rings. The van der Waals surface area contributed by atoms with Crippen LogP contribution in [0.5, 0.6) is 0 Å². The van der Waals surface area contributed by atoms with Gasteiger partial charge in [0.1, 0.15) is 5.57 Å². The van der Waals surface area contributed by atoms with Crippen molar-refractivity contribution in [3.8, 4) is 0 Å². The van der Waals surface area contributed by atoms with Gasteiger partial charge >= 0.3 is 0 Å². The lowest BCUT2D eigenvalue weighted by Gasteiger charge is -2.45. The summed E-state index contributed by atoms with van der Waals surface area (Å²) in [6.45, 7) is 8.75. The number of rotatable bonds is 3. The molecule has 2 aliphatic rings. The highest BCUT2D eigenvalue weighted by Gasteiger charge is 2.36. The molecule has 4 rings (SSSR count). The summed E-state index contributed by atoms with van der Waals surface area (Å²) in [4.78, 5) is 29.9. The molecule has 0 aromatic heterocycles. The number of nitrogens with one attached hydrogen (secondary N) is 1. The number of nitrogens with zero attached hydrogens (tertiary/aromatic N) is 2. The summed E-state index contributed by atoms with van der Waals surface area (Å²) in [7, 11) is 2.12. The van der Waals surface area contributed by atoms with Gasteiger partial charge in [-0.3, -0.25) is 19.8 Å². The summed E-state index contributed by atoms with van der Waals surface area (Å²) in [5, 5.41) is 2.80. The van der Waals surface area contributed by atoms with E-state index in [4.69, 9.17) is 12.2 Å². The van der Waals surface area contributed by atoms with E-state index in [1.54, 1.807) is 6.08 Å². The fraction of sp³-hybridized carbons (Fsp3) is 0.346. The molecule has 32 heavy (non-hydrogen) atoms. The molecule has 1 N–H and O–H groups in total. The topological polar surface area (TPSA) is 52.7 Å². The highest BCUT2D eigenvalue weighted by molar-refractivity contribution is 7.80. The number of benzene rings is 2. The Morgan fingerprint density at radius 2 is 1.88 bits per heavy atom. The zero-order valence-electron chi connectivity index (χ0n) is 19.2. The van der Waals surface area contributed by atoms with Crippen LogP contribution in [0.15, 0.2) is 48.0 Å². The molecule has 6 heteroatoms. The summed E-state index contributed by atoms with van der Waals surface area (Å²) < 4.78 is 0. The van der Waals surface area contributed by atoms with E-state index in [0.717, 1.165) is 24.0 Å². The van der Waals surface area contributed by atoms with Crippen LogP contribution in [0.3, 0.4) is 0 Å². The average Bonchev–Trinajstić information content (AvgIpc) is 2.75. The minimum absolute atomic E-state index is 0.0779. The Morgan fingerprint density at radius 3 is 2.59 bits per heavy atom.